The molecule has 2 heterocycles. The zero-order valence-corrected chi connectivity index (χ0v) is 13.6. The first kappa shape index (κ1) is 17.2. The molecule has 0 saturated heterocycles. The number of hydrogen-bond acceptors (Lipinski definition) is 4. The average molecular weight is 328 g/mol. The van der Waals surface area contributed by atoms with E-state index in [9.17, 15) is 9.59 Å². The van der Waals surface area contributed by atoms with E-state index in [1.807, 2.05) is 0 Å². The molecular formula is C16H20N6O2. The number of pyridine rings is 1. The predicted octanol–water partition coefficient (Wildman–Crippen LogP) is 0.503. The molecule has 8 nitrogen and oxygen atoms in total. The third kappa shape index (κ3) is 3.78. The van der Waals surface area contributed by atoms with E-state index < -0.39 is 5.91 Å². The normalized spacial score (nSPS) is 10.2. The van der Waals surface area contributed by atoms with Gasteiger partial charge in [-0.15, -0.1) is 0 Å². The molecule has 0 aliphatic heterocycles. The summed E-state index contributed by atoms with van der Waals surface area (Å²) in [6.07, 6.45) is 3.71. The number of primary amides is 1. The van der Waals surface area contributed by atoms with Crippen LogP contribution in [0.1, 0.15) is 27.3 Å². The van der Waals surface area contributed by atoms with Crippen LogP contribution >= 0.6 is 0 Å². The molecule has 0 bridgehead atoms. The lowest BCUT2D eigenvalue weighted by Crippen LogP contribution is -2.29. The van der Waals surface area contributed by atoms with Gasteiger partial charge in [0.1, 0.15) is 5.69 Å². The van der Waals surface area contributed by atoms with Crippen molar-refractivity contribution in [3.8, 4) is 11.3 Å². The summed E-state index contributed by atoms with van der Waals surface area (Å²) in [6, 6.07) is 4.89. The minimum absolute atomic E-state index is 0.260. The van der Waals surface area contributed by atoms with E-state index in [0.717, 1.165) is 0 Å². The van der Waals surface area contributed by atoms with Crippen molar-refractivity contribution in [2.45, 2.75) is 6.42 Å². The minimum Gasteiger partial charge on any atom is -0.377 e. The van der Waals surface area contributed by atoms with Crippen LogP contribution in [0, 0.1) is 5.41 Å². The molecular weight excluding hydrogens is 308 g/mol. The second-order valence-corrected chi connectivity index (χ2v) is 5.22. The first-order chi connectivity index (χ1) is 11.4. The molecule has 0 radical (unpaired) electrons. The fourth-order valence-electron chi connectivity index (χ4n) is 2.27. The number of nitrogens with two attached hydrogens (primary N) is 1. The summed E-state index contributed by atoms with van der Waals surface area (Å²) in [7, 11) is 3.40. The Morgan fingerprint density at radius 1 is 1.42 bits per heavy atom. The number of aromatic nitrogens is 2. The lowest BCUT2D eigenvalue weighted by molar-refractivity contribution is 0.0945. The SMILES string of the molecule is CNC(=N)CCNC(=O)c1cc(-c2ncccc2C(N)=O)cn1C. The monoisotopic (exact) mass is 328 g/mol. The number of amides is 2. The zero-order chi connectivity index (χ0) is 17.7. The van der Waals surface area contributed by atoms with Gasteiger partial charge in [0.05, 0.1) is 17.1 Å². The van der Waals surface area contributed by atoms with Crippen molar-refractivity contribution >= 4 is 17.6 Å². The summed E-state index contributed by atoms with van der Waals surface area (Å²) in [5.74, 6) is -0.481. The number of aryl methyl sites for hydroxylation is 1. The predicted molar refractivity (Wildman–Crippen MR) is 90.9 cm³/mol. The molecule has 2 aromatic heterocycles. The molecule has 0 spiro atoms. The van der Waals surface area contributed by atoms with E-state index in [2.05, 4.69) is 15.6 Å². The molecule has 2 rings (SSSR count). The summed E-state index contributed by atoms with van der Waals surface area (Å²) in [4.78, 5) is 28.0. The Hall–Kier alpha value is -3.16. The van der Waals surface area contributed by atoms with Gasteiger partial charge < -0.3 is 20.9 Å². The van der Waals surface area contributed by atoms with Crippen molar-refractivity contribution in [2.75, 3.05) is 13.6 Å². The average Bonchev–Trinajstić information content (AvgIpc) is 2.96. The number of carbonyl (C=O) groups excluding carboxylic acids is 2. The second-order valence-electron chi connectivity index (χ2n) is 5.22. The largest absolute Gasteiger partial charge is 0.377 e. The number of nitrogens with one attached hydrogen (secondary N) is 3. The molecule has 0 saturated carbocycles. The quantitative estimate of drug-likeness (QED) is 0.455. The standard InChI is InChI=1S/C16H20N6O2/c1-19-13(17)5-7-21-16(24)12-8-10(9-22(12)2)14-11(15(18)23)4-3-6-20-14/h3-4,6,8-9H,5,7H2,1-2H3,(H2,17,19)(H2,18,23)(H,21,24). The molecule has 0 atom stereocenters. The molecule has 0 aromatic carbocycles. The first-order valence-corrected chi connectivity index (χ1v) is 7.39. The van der Waals surface area contributed by atoms with Crippen LogP contribution in [-0.4, -0.2) is 40.8 Å². The molecule has 0 aliphatic carbocycles. The van der Waals surface area contributed by atoms with Crippen molar-refractivity contribution in [3.63, 3.8) is 0 Å². The molecule has 0 unspecified atom stereocenters. The van der Waals surface area contributed by atoms with Gasteiger partial charge in [0, 0.05) is 45.0 Å². The van der Waals surface area contributed by atoms with Crippen LogP contribution in [0.15, 0.2) is 30.6 Å². The van der Waals surface area contributed by atoms with Crippen LogP contribution in [0.3, 0.4) is 0 Å². The van der Waals surface area contributed by atoms with E-state index in [4.69, 9.17) is 11.1 Å². The van der Waals surface area contributed by atoms with Gasteiger partial charge in [-0.3, -0.25) is 20.0 Å². The molecule has 8 heteroatoms. The summed E-state index contributed by atoms with van der Waals surface area (Å²) in [5.41, 5.74) is 7.19. The van der Waals surface area contributed by atoms with Crippen LogP contribution < -0.4 is 16.4 Å². The van der Waals surface area contributed by atoms with Crippen LogP contribution in [0.4, 0.5) is 0 Å². The summed E-state index contributed by atoms with van der Waals surface area (Å²) < 4.78 is 1.66. The highest BCUT2D eigenvalue weighted by Crippen LogP contribution is 2.23. The maximum absolute atomic E-state index is 12.3. The number of hydrogen-bond donors (Lipinski definition) is 4. The lowest BCUT2D eigenvalue weighted by atomic mass is 10.1. The molecule has 24 heavy (non-hydrogen) atoms. The van der Waals surface area contributed by atoms with Crippen molar-refractivity contribution in [3.05, 3.63) is 41.9 Å². The number of nitrogens with zero attached hydrogens (tertiary/aromatic N) is 2. The van der Waals surface area contributed by atoms with Gasteiger partial charge >= 0.3 is 0 Å². The summed E-state index contributed by atoms with van der Waals surface area (Å²) in [6.45, 7) is 0.356. The number of carbonyl (C=O) groups is 2. The van der Waals surface area contributed by atoms with Gasteiger partial charge in [-0.1, -0.05) is 0 Å². The molecule has 2 amide bonds. The summed E-state index contributed by atoms with van der Waals surface area (Å²) >= 11 is 0. The molecule has 0 aliphatic rings. The first-order valence-electron chi connectivity index (χ1n) is 7.39. The zero-order valence-electron chi connectivity index (χ0n) is 13.6. The number of amidine groups is 1. The maximum atomic E-state index is 12.3. The van der Waals surface area contributed by atoms with Gasteiger partial charge in [0.2, 0.25) is 0 Å². The molecule has 5 N–H and O–H groups in total. The fourth-order valence-corrected chi connectivity index (χ4v) is 2.27. The topological polar surface area (TPSA) is 126 Å². The van der Waals surface area contributed by atoms with E-state index in [0.29, 0.717) is 41.3 Å². The van der Waals surface area contributed by atoms with Gasteiger partial charge in [0.15, 0.2) is 0 Å². The van der Waals surface area contributed by atoms with E-state index in [1.165, 1.54) is 0 Å². The van der Waals surface area contributed by atoms with Crippen molar-refractivity contribution in [1.29, 1.82) is 5.41 Å². The van der Waals surface area contributed by atoms with Crippen molar-refractivity contribution in [2.24, 2.45) is 12.8 Å². The van der Waals surface area contributed by atoms with Gasteiger partial charge in [0.25, 0.3) is 11.8 Å². The molecule has 126 valence electrons. The van der Waals surface area contributed by atoms with Gasteiger partial charge in [-0.05, 0) is 18.2 Å². The smallest absolute Gasteiger partial charge is 0.267 e. The highest BCUT2D eigenvalue weighted by atomic mass is 16.2. The highest BCUT2D eigenvalue weighted by molar-refractivity contribution is 6.00. The second kappa shape index (κ2) is 7.40. The van der Waals surface area contributed by atoms with Gasteiger partial charge in [-0.2, -0.15) is 0 Å². The van der Waals surface area contributed by atoms with E-state index in [1.54, 1.807) is 49.3 Å². The van der Waals surface area contributed by atoms with E-state index >= 15 is 0 Å². The van der Waals surface area contributed by atoms with Crippen LogP contribution in [0.5, 0.6) is 0 Å². The third-order valence-corrected chi connectivity index (χ3v) is 3.55. The Bertz CT molecular complexity index is 781. The third-order valence-electron chi connectivity index (χ3n) is 3.55. The minimum atomic E-state index is -0.571. The van der Waals surface area contributed by atoms with Crippen LogP contribution in [0.25, 0.3) is 11.3 Å². The van der Waals surface area contributed by atoms with E-state index in [-0.39, 0.29) is 5.91 Å². The highest BCUT2D eigenvalue weighted by Gasteiger charge is 2.17. The Morgan fingerprint density at radius 2 is 2.17 bits per heavy atom. The fraction of sp³-hybridized carbons (Fsp3) is 0.250. The maximum Gasteiger partial charge on any atom is 0.267 e. The Morgan fingerprint density at radius 3 is 2.83 bits per heavy atom. The van der Waals surface area contributed by atoms with Crippen LogP contribution in [0.2, 0.25) is 0 Å². The van der Waals surface area contributed by atoms with Crippen molar-refractivity contribution < 1.29 is 9.59 Å². The lowest BCUT2D eigenvalue weighted by Gasteiger charge is -2.06. The van der Waals surface area contributed by atoms with Crippen molar-refractivity contribution in [1.82, 2.24) is 20.2 Å². The molecule has 0 fully saturated rings. The Balaban J connectivity index is 2.20. The van der Waals surface area contributed by atoms with Gasteiger partial charge in [-0.25, -0.2) is 0 Å². The Kier molecular flexibility index (Phi) is 5.31. The molecule has 2 aromatic rings. The Labute approximate surface area is 139 Å². The summed E-state index contributed by atoms with van der Waals surface area (Å²) in [5, 5.41) is 13.0. The number of rotatable bonds is 6. The van der Waals surface area contributed by atoms with Crippen LogP contribution in [-0.2, 0) is 7.05 Å².